The summed E-state index contributed by atoms with van der Waals surface area (Å²) in [6.45, 7) is 2.46. The van der Waals surface area contributed by atoms with E-state index in [9.17, 15) is 9.59 Å². The van der Waals surface area contributed by atoms with E-state index < -0.39 is 5.60 Å². The van der Waals surface area contributed by atoms with Gasteiger partial charge in [0.1, 0.15) is 11.4 Å². The molecule has 4 atom stereocenters. The molecule has 3 aliphatic rings. The third kappa shape index (κ3) is 2.64. The van der Waals surface area contributed by atoms with Crippen LogP contribution in [0.5, 0.6) is 5.75 Å². The Hall–Kier alpha value is -2.69. The number of rotatable bonds is 3. The highest BCUT2D eigenvalue weighted by Crippen LogP contribution is 2.65. The van der Waals surface area contributed by atoms with Crippen LogP contribution in [-0.4, -0.2) is 22.3 Å². The molecule has 5 nitrogen and oxygen atoms in total. The number of amides is 1. The van der Waals surface area contributed by atoms with Crippen LogP contribution < -0.4 is 10.1 Å². The highest BCUT2D eigenvalue weighted by molar-refractivity contribution is 6.01. The molecule has 2 aliphatic carbocycles. The first-order chi connectivity index (χ1) is 13.1. The number of carbonyl (C=O) groups excluding carboxylic acids is 2. The van der Waals surface area contributed by atoms with E-state index in [2.05, 4.69) is 10.3 Å². The average molecular weight is 362 g/mol. The van der Waals surface area contributed by atoms with Crippen molar-refractivity contribution in [2.45, 2.75) is 38.3 Å². The molecule has 138 valence electrons. The van der Waals surface area contributed by atoms with Gasteiger partial charge in [0.2, 0.25) is 5.91 Å². The van der Waals surface area contributed by atoms with E-state index in [0.29, 0.717) is 30.2 Å². The van der Waals surface area contributed by atoms with E-state index in [1.165, 1.54) is 0 Å². The Morgan fingerprint density at radius 1 is 1.37 bits per heavy atom. The number of nitrogens with one attached hydrogen (secondary N) is 1. The second-order valence-electron chi connectivity index (χ2n) is 8.10. The Kier molecular flexibility index (Phi) is 3.61. The number of aryl methyl sites for hydroxylation is 1. The number of carbonyl (C=O) groups is 2. The standard InChI is InChI=1S/C22H22N2O3/c1-13-4-5-18-16(9-13)17(25)10-22(27-18)7-6-15-19(20(15)22)21(26)24-12-14-3-2-8-23-11-14/h2-5,8-9,11,15,19-20H,6-7,10,12H2,1H3,(H,24,26)/t15-,19-,20+,22+/m1/s1. The van der Waals surface area contributed by atoms with Gasteiger partial charge in [0.15, 0.2) is 5.78 Å². The van der Waals surface area contributed by atoms with Crippen LogP contribution in [0.25, 0.3) is 0 Å². The van der Waals surface area contributed by atoms with Gasteiger partial charge in [0.25, 0.3) is 0 Å². The lowest BCUT2D eigenvalue weighted by Crippen LogP contribution is -2.44. The molecule has 2 fully saturated rings. The van der Waals surface area contributed by atoms with Crippen molar-refractivity contribution in [3.8, 4) is 5.75 Å². The maximum Gasteiger partial charge on any atom is 0.224 e. The van der Waals surface area contributed by atoms with Crippen molar-refractivity contribution in [2.75, 3.05) is 0 Å². The fourth-order valence-corrected chi connectivity index (χ4v) is 5.09. The third-order valence-electron chi connectivity index (χ3n) is 6.38. The number of ketones is 1. The molecule has 1 amide bonds. The SMILES string of the molecule is Cc1ccc2c(c1)C(=O)C[C@]1(CC[C@@H]3[C@@H](C(=O)NCc4cccnc4)[C@H]31)O2. The maximum absolute atomic E-state index is 12.8. The number of benzene rings is 1. The van der Waals surface area contributed by atoms with Crippen molar-refractivity contribution in [3.05, 3.63) is 59.4 Å². The van der Waals surface area contributed by atoms with Crippen molar-refractivity contribution >= 4 is 11.7 Å². The third-order valence-corrected chi connectivity index (χ3v) is 6.38. The smallest absolute Gasteiger partial charge is 0.224 e. The second-order valence-corrected chi connectivity index (χ2v) is 8.10. The van der Waals surface area contributed by atoms with Crippen molar-refractivity contribution < 1.29 is 14.3 Å². The molecule has 1 spiro atoms. The van der Waals surface area contributed by atoms with Crippen molar-refractivity contribution in [3.63, 3.8) is 0 Å². The van der Waals surface area contributed by atoms with Gasteiger partial charge in [-0.3, -0.25) is 14.6 Å². The number of nitrogens with zero attached hydrogens (tertiary/aromatic N) is 1. The molecule has 0 radical (unpaired) electrons. The summed E-state index contributed by atoms with van der Waals surface area (Å²) in [7, 11) is 0. The minimum absolute atomic E-state index is 0.0461. The molecule has 5 rings (SSSR count). The Bertz CT molecular complexity index is 926. The summed E-state index contributed by atoms with van der Waals surface area (Å²) in [6, 6.07) is 9.59. The molecule has 1 N–H and O–H groups in total. The summed E-state index contributed by atoms with van der Waals surface area (Å²) >= 11 is 0. The zero-order chi connectivity index (χ0) is 18.6. The number of fused-ring (bicyclic) bond motifs is 3. The topological polar surface area (TPSA) is 68.3 Å². The van der Waals surface area contributed by atoms with Crippen molar-refractivity contribution in [2.24, 2.45) is 17.8 Å². The van der Waals surface area contributed by atoms with Crippen LogP contribution in [0.1, 0.15) is 40.7 Å². The van der Waals surface area contributed by atoms with Crippen LogP contribution in [0.4, 0.5) is 0 Å². The van der Waals surface area contributed by atoms with Gasteiger partial charge in [-0.2, -0.15) is 0 Å². The fourth-order valence-electron chi connectivity index (χ4n) is 5.09. The predicted molar refractivity (Wildman–Crippen MR) is 99.3 cm³/mol. The lowest BCUT2D eigenvalue weighted by Gasteiger charge is -2.37. The predicted octanol–water partition coefficient (Wildman–Crippen LogP) is 3.07. The van der Waals surface area contributed by atoms with E-state index >= 15 is 0 Å². The van der Waals surface area contributed by atoms with Gasteiger partial charge >= 0.3 is 0 Å². The first kappa shape index (κ1) is 16.5. The van der Waals surface area contributed by atoms with Crippen LogP contribution in [0.2, 0.25) is 0 Å². The van der Waals surface area contributed by atoms with Crippen LogP contribution in [0.3, 0.4) is 0 Å². The van der Waals surface area contributed by atoms with Gasteiger partial charge in [0, 0.05) is 30.8 Å². The molecule has 0 saturated heterocycles. The summed E-state index contributed by atoms with van der Waals surface area (Å²) in [5.41, 5.74) is 2.23. The Morgan fingerprint density at radius 3 is 3.07 bits per heavy atom. The van der Waals surface area contributed by atoms with Gasteiger partial charge in [-0.25, -0.2) is 0 Å². The van der Waals surface area contributed by atoms with E-state index in [4.69, 9.17) is 4.74 Å². The molecule has 27 heavy (non-hydrogen) atoms. The van der Waals surface area contributed by atoms with Crippen molar-refractivity contribution in [1.29, 1.82) is 0 Å². The van der Waals surface area contributed by atoms with Crippen LogP contribution in [-0.2, 0) is 11.3 Å². The molecule has 1 aromatic carbocycles. The molecular formula is C22H22N2O3. The number of hydrogen-bond donors (Lipinski definition) is 1. The number of hydrogen-bond acceptors (Lipinski definition) is 4. The van der Waals surface area contributed by atoms with Gasteiger partial charge in [0.05, 0.1) is 12.0 Å². The minimum Gasteiger partial charge on any atom is -0.486 e. The lowest BCUT2D eigenvalue weighted by molar-refractivity contribution is -0.124. The largest absolute Gasteiger partial charge is 0.486 e. The Labute approximate surface area is 158 Å². The fraction of sp³-hybridized carbons (Fsp3) is 0.409. The first-order valence-electron chi connectivity index (χ1n) is 9.57. The zero-order valence-electron chi connectivity index (χ0n) is 15.3. The molecule has 1 aliphatic heterocycles. The van der Waals surface area contributed by atoms with Gasteiger partial charge in [-0.15, -0.1) is 0 Å². The summed E-state index contributed by atoms with van der Waals surface area (Å²) in [5.74, 6) is 1.32. The molecule has 1 aromatic heterocycles. The van der Waals surface area contributed by atoms with E-state index in [1.54, 1.807) is 12.4 Å². The van der Waals surface area contributed by atoms with Crippen LogP contribution in [0, 0.1) is 24.7 Å². The number of ether oxygens (including phenoxy) is 1. The van der Waals surface area contributed by atoms with Crippen LogP contribution >= 0.6 is 0 Å². The number of aromatic nitrogens is 1. The molecular weight excluding hydrogens is 340 g/mol. The van der Waals surface area contributed by atoms with E-state index in [1.807, 2.05) is 37.3 Å². The molecule has 5 heteroatoms. The zero-order valence-corrected chi connectivity index (χ0v) is 15.3. The quantitative estimate of drug-likeness (QED) is 0.911. The summed E-state index contributed by atoms with van der Waals surface area (Å²) in [4.78, 5) is 29.6. The highest BCUT2D eigenvalue weighted by Gasteiger charge is 2.70. The molecule has 0 bridgehead atoms. The normalized spacial score (nSPS) is 30.4. The molecule has 0 unspecified atom stereocenters. The Morgan fingerprint density at radius 2 is 2.26 bits per heavy atom. The van der Waals surface area contributed by atoms with Gasteiger partial charge in [-0.05, 0) is 49.4 Å². The summed E-state index contributed by atoms with van der Waals surface area (Å²) in [5, 5.41) is 3.03. The highest BCUT2D eigenvalue weighted by atomic mass is 16.5. The molecule has 2 saturated carbocycles. The van der Waals surface area contributed by atoms with Crippen molar-refractivity contribution in [1.82, 2.24) is 10.3 Å². The molecule has 2 heterocycles. The summed E-state index contributed by atoms with van der Waals surface area (Å²) < 4.78 is 6.39. The van der Waals surface area contributed by atoms with Gasteiger partial charge < -0.3 is 10.1 Å². The second kappa shape index (κ2) is 5.91. The van der Waals surface area contributed by atoms with Crippen LogP contribution in [0.15, 0.2) is 42.7 Å². The Balaban J connectivity index is 1.31. The summed E-state index contributed by atoms with van der Waals surface area (Å²) in [6.07, 6.45) is 5.67. The first-order valence-corrected chi connectivity index (χ1v) is 9.57. The minimum atomic E-state index is -0.500. The maximum atomic E-state index is 12.8. The monoisotopic (exact) mass is 362 g/mol. The average Bonchev–Trinajstić information content (AvgIpc) is 3.32. The lowest BCUT2D eigenvalue weighted by atomic mass is 9.84. The molecule has 2 aromatic rings. The van der Waals surface area contributed by atoms with E-state index in [0.717, 1.165) is 24.0 Å². The number of pyridine rings is 1. The number of Topliss-reactive ketones (excluding diaryl/α,β-unsaturated/α-hetero) is 1. The van der Waals surface area contributed by atoms with E-state index in [-0.39, 0.29) is 23.5 Å². The van der Waals surface area contributed by atoms with Gasteiger partial charge in [-0.1, -0.05) is 17.7 Å².